The second kappa shape index (κ2) is 11.3. The summed E-state index contributed by atoms with van der Waals surface area (Å²) in [6.07, 6.45) is 0. The van der Waals surface area contributed by atoms with Gasteiger partial charge in [-0.05, 0) is 53.2 Å². The van der Waals surface area contributed by atoms with Gasteiger partial charge in [0.15, 0.2) is 0 Å². The van der Waals surface area contributed by atoms with E-state index in [1.165, 1.54) is 18.1 Å². The summed E-state index contributed by atoms with van der Waals surface area (Å²) in [5.74, 6) is 0. The molecule has 0 N–H and O–H groups in total. The molecule has 0 fully saturated rings. The van der Waals surface area contributed by atoms with Crippen LogP contribution in [-0.2, 0) is 22.4 Å². The van der Waals surface area contributed by atoms with E-state index in [4.69, 9.17) is 5.26 Å². The number of rotatable bonds is 2. The zero-order valence-corrected chi connectivity index (χ0v) is 24.9. The Morgan fingerprint density at radius 3 is 1.38 bits per heavy atom. The summed E-state index contributed by atoms with van der Waals surface area (Å²) < 4.78 is 59.6. The van der Waals surface area contributed by atoms with Crippen molar-refractivity contribution in [2.45, 2.75) is 58.8 Å². The Labute approximate surface area is 206 Å². The number of hydrogen-bond acceptors (Lipinski definition) is 1. The van der Waals surface area contributed by atoms with Crippen molar-refractivity contribution in [2.24, 2.45) is 0 Å². The van der Waals surface area contributed by atoms with E-state index in [1.54, 1.807) is 11.4 Å². The summed E-state index contributed by atoms with van der Waals surface area (Å²) in [6, 6.07) is 21.6. The average molecular weight is 773 g/mol. The van der Waals surface area contributed by atoms with Gasteiger partial charge in [0.1, 0.15) is 5.30 Å². The van der Waals surface area contributed by atoms with Gasteiger partial charge in [-0.2, -0.15) is 5.26 Å². The molecule has 0 heterocycles. The minimum atomic E-state index is -11.2. The van der Waals surface area contributed by atoms with Crippen molar-refractivity contribution >= 4 is 32.7 Å². The fourth-order valence-corrected chi connectivity index (χ4v) is 8.13. The first-order valence-corrected chi connectivity index (χ1v) is 16.8. The standard InChI is InChI=1S/C20H27P.C2H3N.Au.6FH.Sb/c1-19(2,3)21(20(4,5)6)18-15-11-10-14-17(18)16-12-8-7-9-13-16;1-2-3;;;;;;;;/h7-15H,1-6H3;1H3;;6*1H;/q;;+1;;;;;;;+5/p-5. The molecule has 0 aromatic heterocycles. The predicted octanol–water partition coefficient (Wildman–Crippen LogP) is 8.46. The molecule has 2 aromatic rings. The molecule has 1 nitrogen and oxygen atoms in total. The van der Waals surface area contributed by atoms with Gasteiger partial charge in [-0.1, -0.05) is 48.5 Å². The van der Waals surface area contributed by atoms with Crippen LogP contribution in [0.1, 0.15) is 48.5 Å². The summed E-state index contributed by atoms with van der Waals surface area (Å²) in [7, 11) is -0.730. The fraction of sp³-hybridized carbons (Fsp3) is 0.409. The number of nitriles is 1. The van der Waals surface area contributed by atoms with Gasteiger partial charge in [-0.3, -0.25) is 0 Å². The molecule has 2 aromatic carbocycles. The van der Waals surface area contributed by atoms with Crippen molar-refractivity contribution in [3.63, 3.8) is 0 Å². The Bertz CT molecular complexity index is 858. The molecule has 0 radical (unpaired) electrons. The van der Waals surface area contributed by atoms with E-state index >= 15 is 0 Å². The first kappa shape index (κ1) is 33.7. The molecule has 0 saturated heterocycles. The summed E-state index contributed by atoms with van der Waals surface area (Å²) in [6.45, 7) is 15.8. The van der Waals surface area contributed by atoms with Crippen molar-refractivity contribution in [1.29, 1.82) is 5.26 Å². The van der Waals surface area contributed by atoms with Crippen LogP contribution < -0.4 is 5.30 Å². The third kappa shape index (κ3) is 16.2. The molecule has 0 aliphatic rings. The summed E-state index contributed by atoms with van der Waals surface area (Å²) >= 11 is -11.2. The Kier molecular flexibility index (Phi) is 11.9. The second-order valence-electron chi connectivity index (χ2n) is 8.97. The quantitative estimate of drug-likeness (QED) is 0.171. The molecule has 10 heteroatoms. The van der Waals surface area contributed by atoms with Gasteiger partial charge in [0, 0.05) is 20.4 Å². The number of benzene rings is 2. The van der Waals surface area contributed by atoms with Gasteiger partial charge < -0.3 is 0 Å². The first-order chi connectivity index (χ1) is 13.6. The van der Waals surface area contributed by atoms with Gasteiger partial charge >= 0.3 is 58.7 Å². The SMILES string of the molecule is CC#N.CC(C)(C)[PH+](c1ccccc1-c1ccccc1)C(C)(C)C.[Au+].[F][Sb-]([F])([F])([F])([F])[F]. The first-order valence-electron chi connectivity index (χ1n) is 9.48. The topological polar surface area (TPSA) is 23.8 Å². The van der Waals surface area contributed by atoms with E-state index in [0.29, 0.717) is 10.3 Å². The normalized spacial score (nSPS) is 13.7. The Hall–Kier alpha value is -0.502. The Morgan fingerprint density at radius 1 is 0.719 bits per heavy atom. The van der Waals surface area contributed by atoms with Crippen LogP contribution in [0.4, 0.5) is 16.9 Å². The summed E-state index contributed by atoms with van der Waals surface area (Å²) in [4.78, 5) is 0. The molecule has 186 valence electrons. The molecule has 0 amide bonds. The van der Waals surface area contributed by atoms with Crippen LogP contribution in [0.5, 0.6) is 0 Å². The van der Waals surface area contributed by atoms with E-state index in [9.17, 15) is 16.9 Å². The molecule has 0 saturated carbocycles. The number of hydrogen-bond donors (Lipinski definition) is 0. The fourth-order valence-electron chi connectivity index (χ4n) is 3.50. The predicted molar refractivity (Wildman–Crippen MR) is 123 cm³/mol. The van der Waals surface area contributed by atoms with Crippen LogP contribution in [0, 0.1) is 11.3 Å². The van der Waals surface area contributed by atoms with Gasteiger partial charge in [0.25, 0.3) is 0 Å². The molecule has 0 spiro atoms. The zero-order valence-electron chi connectivity index (χ0n) is 19.2. The van der Waals surface area contributed by atoms with Crippen LogP contribution >= 0.6 is 7.92 Å². The monoisotopic (exact) mass is 772 g/mol. The second-order valence-corrected chi connectivity index (χ2v) is 18.7. The van der Waals surface area contributed by atoms with Crippen molar-refractivity contribution in [2.75, 3.05) is 0 Å². The van der Waals surface area contributed by atoms with E-state index in [-0.39, 0.29) is 22.4 Å². The summed E-state index contributed by atoms with van der Waals surface area (Å²) in [5, 5.41) is 9.54. The van der Waals surface area contributed by atoms with Crippen LogP contribution in [0.25, 0.3) is 11.1 Å². The minimum absolute atomic E-state index is 0. The van der Waals surface area contributed by atoms with E-state index in [2.05, 4.69) is 96.1 Å². The molecular weight excluding hydrogens is 742 g/mol. The van der Waals surface area contributed by atoms with Crippen LogP contribution in [0.3, 0.4) is 0 Å². The van der Waals surface area contributed by atoms with Crippen LogP contribution in [0.15, 0.2) is 54.6 Å². The molecule has 0 unspecified atom stereocenters. The van der Waals surface area contributed by atoms with Crippen molar-refractivity contribution < 1.29 is 39.3 Å². The number of halogens is 6. The third-order valence-electron chi connectivity index (χ3n) is 3.78. The summed E-state index contributed by atoms with van der Waals surface area (Å²) in [5.41, 5.74) is 2.75. The van der Waals surface area contributed by atoms with Crippen LogP contribution in [-0.4, -0.2) is 29.8 Å². The zero-order chi connectivity index (χ0) is 24.8. The third-order valence-corrected chi connectivity index (χ3v) is 7.76. The molecule has 0 aliphatic heterocycles. The molecule has 32 heavy (non-hydrogen) atoms. The van der Waals surface area contributed by atoms with Gasteiger partial charge in [-0.25, -0.2) is 0 Å². The average Bonchev–Trinajstić information content (AvgIpc) is 2.51. The Balaban J connectivity index is 0. The molecule has 0 aliphatic carbocycles. The van der Waals surface area contributed by atoms with E-state index < -0.39 is 27.4 Å². The molecular formula is C22H31AuF6NPSb+. The van der Waals surface area contributed by atoms with E-state index in [0.717, 1.165) is 0 Å². The van der Waals surface area contributed by atoms with Gasteiger partial charge in [0.05, 0.1) is 16.4 Å². The Morgan fingerprint density at radius 2 is 1.03 bits per heavy atom. The molecule has 0 atom stereocenters. The van der Waals surface area contributed by atoms with Crippen molar-refractivity contribution in [3.8, 4) is 17.2 Å². The maximum absolute atomic E-state index is 11.2. The van der Waals surface area contributed by atoms with Crippen LogP contribution in [0.2, 0.25) is 0 Å². The molecule has 2 rings (SSSR count). The van der Waals surface area contributed by atoms with Gasteiger partial charge in [0.2, 0.25) is 0 Å². The van der Waals surface area contributed by atoms with Gasteiger partial charge in [-0.15, -0.1) is 0 Å². The molecule has 0 bridgehead atoms. The van der Waals surface area contributed by atoms with Crippen molar-refractivity contribution in [3.05, 3.63) is 54.6 Å². The maximum atomic E-state index is 9.93. The number of nitrogens with zero attached hydrogens (tertiary/aromatic N) is 1. The van der Waals surface area contributed by atoms with E-state index in [1.807, 2.05) is 0 Å². The van der Waals surface area contributed by atoms with Crippen molar-refractivity contribution in [1.82, 2.24) is 0 Å².